The molecule has 0 atom stereocenters. The van der Waals surface area contributed by atoms with Crippen molar-refractivity contribution >= 4 is 22.8 Å². The van der Waals surface area contributed by atoms with Crippen molar-refractivity contribution in [1.29, 1.82) is 0 Å². The maximum absolute atomic E-state index is 12.7. The second kappa shape index (κ2) is 9.05. The van der Waals surface area contributed by atoms with Crippen molar-refractivity contribution in [1.82, 2.24) is 15.3 Å². The van der Waals surface area contributed by atoms with Gasteiger partial charge in [-0.25, -0.2) is 9.97 Å². The fourth-order valence-electron chi connectivity index (χ4n) is 4.39. The highest BCUT2D eigenvalue weighted by atomic mass is 16.3. The Labute approximate surface area is 170 Å². The summed E-state index contributed by atoms with van der Waals surface area (Å²) in [7, 11) is 0. The average molecular weight is 399 g/mol. The monoisotopic (exact) mass is 398 g/mol. The van der Waals surface area contributed by atoms with Gasteiger partial charge in [-0.3, -0.25) is 4.79 Å². The van der Waals surface area contributed by atoms with Crippen LogP contribution in [0.5, 0.6) is 0 Å². The number of benzene rings is 1. The lowest BCUT2D eigenvalue weighted by Gasteiger charge is -2.28. The van der Waals surface area contributed by atoms with Gasteiger partial charge in [0.05, 0.1) is 11.6 Å². The van der Waals surface area contributed by atoms with E-state index < -0.39 is 0 Å². The number of carbonyl (C=O) groups is 1. The van der Waals surface area contributed by atoms with E-state index in [1.807, 2.05) is 18.2 Å². The van der Waals surface area contributed by atoms with Crippen LogP contribution in [-0.4, -0.2) is 50.9 Å². The van der Waals surface area contributed by atoms with E-state index in [0.717, 1.165) is 62.3 Å². The van der Waals surface area contributed by atoms with E-state index >= 15 is 0 Å². The maximum atomic E-state index is 12.7. The molecule has 0 spiro atoms. The van der Waals surface area contributed by atoms with Gasteiger partial charge in [0.15, 0.2) is 0 Å². The van der Waals surface area contributed by atoms with Crippen LogP contribution in [0.4, 0.5) is 5.95 Å². The third-order valence-electron chi connectivity index (χ3n) is 6.31. The Hall–Kier alpha value is -2.25. The van der Waals surface area contributed by atoms with Crippen LogP contribution in [0.2, 0.25) is 0 Å². The lowest BCUT2D eigenvalue weighted by atomic mass is 9.86. The van der Waals surface area contributed by atoms with Crippen molar-refractivity contribution in [2.75, 3.05) is 11.9 Å². The van der Waals surface area contributed by atoms with Crippen molar-refractivity contribution in [2.45, 2.75) is 69.6 Å². The third-order valence-corrected chi connectivity index (χ3v) is 6.31. The second-order valence-electron chi connectivity index (χ2n) is 8.49. The molecule has 2 aliphatic carbocycles. The van der Waals surface area contributed by atoms with Crippen LogP contribution in [0, 0.1) is 5.92 Å². The molecule has 0 radical (unpaired) electrons. The molecule has 7 nitrogen and oxygen atoms in total. The second-order valence-corrected chi connectivity index (χ2v) is 8.49. The predicted octanol–water partition coefficient (Wildman–Crippen LogP) is 2.63. The standard InChI is InChI=1S/C22H30N4O3/c27-13-14-1-5-17(6-2-14)24-21(29)15-3-4-16-12-23-22(26-20(16)11-15)25-18-7-9-19(28)10-8-18/h3-4,11-12,14,17-19,27-28H,1-2,5-10,13H2,(H,24,29)(H,23,25,26)/t14-,17+,18-,19-. The fourth-order valence-corrected chi connectivity index (χ4v) is 4.39. The normalized spacial score (nSPS) is 27.5. The minimum absolute atomic E-state index is 0.0752. The molecular formula is C22H30N4O3. The molecule has 1 aromatic heterocycles. The molecule has 2 aliphatic rings. The summed E-state index contributed by atoms with van der Waals surface area (Å²) in [6.07, 6.45) is 8.75. The van der Waals surface area contributed by atoms with Gasteiger partial charge in [0.25, 0.3) is 5.91 Å². The Kier molecular flexibility index (Phi) is 6.25. The van der Waals surface area contributed by atoms with Crippen molar-refractivity contribution < 1.29 is 15.0 Å². The zero-order valence-corrected chi connectivity index (χ0v) is 16.7. The minimum Gasteiger partial charge on any atom is -0.396 e. The van der Waals surface area contributed by atoms with Crippen LogP contribution in [0.15, 0.2) is 24.4 Å². The predicted molar refractivity (Wildman–Crippen MR) is 112 cm³/mol. The van der Waals surface area contributed by atoms with Gasteiger partial charge in [-0.2, -0.15) is 0 Å². The number of nitrogens with one attached hydrogen (secondary N) is 2. The Morgan fingerprint density at radius 2 is 1.76 bits per heavy atom. The number of aromatic nitrogens is 2. The number of carbonyl (C=O) groups excluding carboxylic acids is 1. The highest BCUT2D eigenvalue weighted by Crippen LogP contribution is 2.25. The summed E-state index contributed by atoms with van der Waals surface area (Å²) in [5, 5.41) is 26.3. The van der Waals surface area contributed by atoms with E-state index in [4.69, 9.17) is 0 Å². The van der Waals surface area contributed by atoms with E-state index in [-0.39, 0.29) is 30.7 Å². The van der Waals surface area contributed by atoms with Crippen LogP contribution >= 0.6 is 0 Å². The molecule has 156 valence electrons. The van der Waals surface area contributed by atoms with Gasteiger partial charge in [-0.15, -0.1) is 0 Å². The van der Waals surface area contributed by atoms with Gasteiger partial charge >= 0.3 is 0 Å². The summed E-state index contributed by atoms with van der Waals surface area (Å²) in [4.78, 5) is 21.7. The van der Waals surface area contributed by atoms with Crippen LogP contribution in [-0.2, 0) is 0 Å². The Bertz CT molecular complexity index is 843. The molecule has 4 N–H and O–H groups in total. The van der Waals surface area contributed by atoms with Crippen molar-refractivity contribution in [3.8, 4) is 0 Å². The summed E-state index contributed by atoms with van der Waals surface area (Å²) < 4.78 is 0. The van der Waals surface area contributed by atoms with Crippen LogP contribution in [0.1, 0.15) is 61.7 Å². The van der Waals surface area contributed by atoms with Crippen molar-refractivity contribution in [2.24, 2.45) is 5.92 Å². The number of fused-ring (bicyclic) bond motifs is 1. The fraction of sp³-hybridized carbons (Fsp3) is 0.591. The molecule has 0 unspecified atom stereocenters. The number of aliphatic hydroxyl groups is 2. The van der Waals surface area contributed by atoms with E-state index in [1.165, 1.54) is 0 Å². The molecule has 1 heterocycles. The van der Waals surface area contributed by atoms with E-state index in [2.05, 4.69) is 20.6 Å². The summed E-state index contributed by atoms with van der Waals surface area (Å²) in [5.41, 5.74) is 1.35. The topological polar surface area (TPSA) is 107 Å². The third kappa shape index (κ3) is 5.03. The first-order valence-electron chi connectivity index (χ1n) is 10.7. The van der Waals surface area contributed by atoms with E-state index in [1.54, 1.807) is 6.20 Å². The summed E-state index contributed by atoms with van der Waals surface area (Å²) in [6.45, 7) is 0.239. The lowest BCUT2D eigenvalue weighted by Crippen LogP contribution is -2.38. The molecule has 0 aliphatic heterocycles. The average Bonchev–Trinajstić information content (AvgIpc) is 2.75. The molecule has 1 aromatic carbocycles. The first-order valence-corrected chi connectivity index (χ1v) is 10.7. The molecule has 7 heteroatoms. The molecule has 4 rings (SSSR count). The van der Waals surface area contributed by atoms with Crippen molar-refractivity contribution in [3.63, 3.8) is 0 Å². The smallest absolute Gasteiger partial charge is 0.251 e. The highest BCUT2D eigenvalue weighted by Gasteiger charge is 2.23. The van der Waals surface area contributed by atoms with Crippen molar-refractivity contribution in [3.05, 3.63) is 30.0 Å². The zero-order valence-electron chi connectivity index (χ0n) is 16.7. The highest BCUT2D eigenvalue weighted by molar-refractivity contribution is 5.97. The number of hydrogen-bond donors (Lipinski definition) is 4. The van der Waals surface area contributed by atoms with Crippen LogP contribution in [0.3, 0.4) is 0 Å². The number of amides is 1. The number of rotatable bonds is 5. The SMILES string of the molecule is O=C(N[C@H]1CC[C@@H](CO)CC1)c1ccc2cnc(N[C@H]3CC[C@H](O)CC3)nc2c1. The Morgan fingerprint density at radius 1 is 1.03 bits per heavy atom. The van der Waals surface area contributed by atoms with Crippen LogP contribution in [0.25, 0.3) is 10.9 Å². The van der Waals surface area contributed by atoms with Gasteiger partial charge in [0.2, 0.25) is 5.95 Å². The molecule has 29 heavy (non-hydrogen) atoms. The lowest BCUT2D eigenvalue weighted by molar-refractivity contribution is 0.0914. The number of hydrogen-bond acceptors (Lipinski definition) is 6. The summed E-state index contributed by atoms with van der Waals surface area (Å²) >= 11 is 0. The molecule has 2 aromatic rings. The maximum Gasteiger partial charge on any atom is 0.251 e. The number of nitrogens with zero attached hydrogens (tertiary/aromatic N) is 2. The molecule has 2 fully saturated rings. The van der Waals surface area contributed by atoms with Gasteiger partial charge in [-0.1, -0.05) is 6.07 Å². The first-order chi connectivity index (χ1) is 14.1. The number of aliphatic hydroxyl groups excluding tert-OH is 2. The Morgan fingerprint density at radius 3 is 2.48 bits per heavy atom. The van der Waals surface area contributed by atoms with E-state index in [9.17, 15) is 15.0 Å². The van der Waals surface area contributed by atoms with Gasteiger partial charge in [-0.05, 0) is 69.4 Å². The summed E-state index contributed by atoms with van der Waals surface area (Å²) in [6, 6.07) is 5.96. The minimum atomic E-state index is -0.190. The number of anilines is 1. The molecule has 2 saturated carbocycles. The van der Waals surface area contributed by atoms with Gasteiger partial charge < -0.3 is 20.8 Å². The summed E-state index contributed by atoms with van der Waals surface area (Å²) in [5.74, 6) is 0.867. The quantitative estimate of drug-likeness (QED) is 0.617. The molecule has 1 amide bonds. The first kappa shape index (κ1) is 20.0. The molecule has 0 saturated heterocycles. The van der Waals surface area contributed by atoms with Gasteiger partial charge in [0.1, 0.15) is 0 Å². The van der Waals surface area contributed by atoms with Crippen LogP contribution < -0.4 is 10.6 Å². The molecular weight excluding hydrogens is 368 g/mol. The van der Waals surface area contributed by atoms with E-state index in [0.29, 0.717) is 17.4 Å². The zero-order chi connectivity index (χ0) is 20.2. The van der Waals surface area contributed by atoms with Gasteiger partial charge in [0, 0.05) is 35.8 Å². The molecule has 0 bridgehead atoms. The Balaban J connectivity index is 1.41. The largest absolute Gasteiger partial charge is 0.396 e.